The normalized spacial score (nSPS) is 15.4. The van der Waals surface area contributed by atoms with Crippen molar-refractivity contribution >= 4 is 11.4 Å². The van der Waals surface area contributed by atoms with Gasteiger partial charge in [-0.3, -0.25) is 10.1 Å². The number of nitro benzene ring substituents is 1. The number of nitrogens with zero attached hydrogens (tertiary/aromatic N) is 1. The summed E-state index contributed by atoms with van der Waals surface area (Å²) < 4.78 is 0. The van der Waals surface area contributed by atoms with Crippen LogP contribution in [0.2, 0.25) is 0 Å². The van der Waals surface area contributed by atoms with Crippen LogP contribution in [0.25, 0.3) is 0 Å². The molecule has 1 aromatic rings. The second-order valence-corrected chi connectivity index (χ2v) is 4.89. The van der Waals surface area contributed by atoms with Crippen molar-refractivity contribution in [2.24, 2.45) is 5.92 Å². The summed E-state index contributed by atoms with van der Waals surface area (Å²) in [6.07, 6.45) is 3.78. The van der Waals surface area contributed by atoms with Gasteiger partial charge in [-0.2, -0.15) is 0 Å². The zero-order valence-corrected chi connectivity index (χ0v) is 10.3. The largest absolute Gasteiger partial charge is 0.379 e. The number of benzene rings is 1. The summed E-state index contributed by atoms with van der Waals surface area (Å²) in [6.45, 7) is 4.73. The Kier molecular flexibility index (Phi) is 3.31. The Balaban J connectivity index is 2.17. The minimum atomic E-state index is -0.310. The Labute approximate surface area is 101 Å². The fourth-order valence-corrected chi connectivity index (χ4v) is 2.04. The molecular formula is C13H18N2O2. The standard InChI is InChI=1S/C13H18N2O2/c1-9-6-12(14-8-11-4-3-5-11)13(15(16)17)7-10(9)2/h6-7,11,14H,3-5,8H2,1-2H3. The molecule has 0 aliphatic heterocycles. The highest BCUT2D eigenvalue weighted by Gasteiger charge is 2.20. The van der Waals surface area contributed by atoms with Gasteiger partial charge in [0, 0.05) is 12.6 Å². The molecule has 1 aliphatic carbocycles. The molecular weight excluding hydrogens is 216 g/mol. The minimum absolute atomic E-state index is 0.187. The summed E-state index contributed by atoms with van der Waals surface area (Å²) in [6, 6.07) is 3.53. The van der Waals surface area contributed by atoms with E-state index in [1.165, 1.54) is 19.3 Å². The van der Waals surface area contributed by atoms with Crippen molar-refractivity contribution in [2.75, 3.05) is 11.9 Å². The molecule has 0 unspecified atom stereocenters. The average molecular weight is 234 g/mol. The fourth-order valence-electron chi connectivity index (χ4n) is 2.04. The molecule has 4 heteroatoms. The molecule has 17 heavy (non-hydrogen) atoms. The first kappa shape index (κ1) is 11.9. The Morgan fingerprint density at radius 3 is 2.53 bits per heavy atom. The number of hydrogen-bond donors (Lipinski definition) is 1. The molecule has 0 atom stereocenters. The van der Waals surface area contributed by atoms with Gasteiger partial charge in [0.15, 0.2) is 0 Å². The maximum absolute atomic E-state index is 11.0. The lowest BCUT2D eigenvalue weighted by atomic mass is 9.85. The van der Waals surface area contributed by atoms with E-state index >= 15 is 0 Å². The maximum atomic E-state index is 11.0. The van der Waals surface area contributed by atoms with Crippen LogP contribution in [0.15, 0.2) is 12.1 Å². The fraction of sp³-hybridized carbons (Fsp3) is 0.538. The van der Waals surface area contributed by atoms with Gasteiger partial charge in [-0.1, -0.05) is 6.42 Å². The SMILES string of the molecule is Cc1cc(NCC2CCC2)c([N+](=O)[O-])cc1C. The molecule has 0 amide bonds. The van der Waals surface area contributed by atoms with E-state index in [9.17, 15) is 10.1 Å². The third-order valence-corrected chi connectivity index (χ3v) is 3.61. The van der Waals surface area contributed by atoms with Crippen LogP contribution < -0.4 is 5.32 Å². The highest BCUT2D eigenvalue weighted by atomic mass is 16.6. The van der Waals surface area contributed by atoms with Gasteiger partial charge in [0.2, 0.25) is 0 Å². The quantitative estimate of drug-likeness (QED) is 0.641. The number of nitro groups is 1. The number of hydrogen-bond acceptors (Lipinski definition) is 3. The van der Waals surface area contributed by atoms with Crippen molar-refractivity contribution in [1.82, 2.24) is 0 Å². The van der Waals surface area contributed by atoms with E-state index in [0.29, 0.717) is 11.6 Å². The Morgan fingerprint density at radius 2 is 2.00 bits per heavy atom. The number of nitrogens with one attached hydrogen (secondary N) is 1. The van der Waals surface area contributed by atoms with E-state index in [2.05, 4.69) is 5.32 Å². The predicted molar refractivity (Wildman–Crippen MR) is 68.4 cm³/mol. The number of rotatable bonds is 4. The molecule has 0 spiro atoms. The van der Waals surface area contributed by atoms with Gasteiger partial charge in [-0.15, -0.1) is 0 Å². The lowest BCUT2D eigenvalue weighted by Crippen LogP contribution is -2.21. The van der Waals surface area contributed by atoms with Crippen molar-refractivity contribution < 1.29 is 4.92 Å². The van der Waals surface area contributed by atoms with E-state index in [1.807, 2.05) is 19.9 Å². The molecule has 1 aliphatic rings. The second kappa shape index (κ2) is 4.73. The Morgan fingerprint density at radius 1 is 1.35 bits per heavy atom. The summed E-state index contributed by atoms with van der Waals surface area (Å²) in [4.78, 5) is 10.7. The summed E-state index contributed by atoms with van der Waals surface area (Å²) in [5, 5.41) is 14.2. The zero-order valence-electron chi connectivity index (χ0n) is 10.3. The third kappa shape index (κ3) is 2.57. The van der Waals surface area contributed by atoms with Crippen molar-refractivity contribution in [2.45, 2.75) is 33.1 Å². The molecule has 0 heterocycles. The molecule has 1 aromatic carbocycles. The number of anilines is 1. The lowest BCUT2D eigenvalue weighted by molar-refractivity contribution is -0.384. The lowest BCUT2D eigenvalue weighted by Gasteiger charge is -2.25. The van der Waals surface area contributed by atoms with Gasteiger partial charge in [-0.25, -0.2) is 0 Å². The van der Waals surface area contributed by atoms with Gasteiger partial charge >= 0.3 is 0 Å². The minimum Gasteiger partial charge on any atom is -0.379 e. The molecule has 0 aromatic heterocycles. The van der Waals surface area contributed by atoms with E-state index in [1.54, 1.807) is 6.07 Å². The van der Waals surface area contributed by atoms with E-state index in [-0.39, 0.29) is 10.6 Å². The number of aryl methyl sites for hydroxylation is 2. The highest BCUT2D eigenvalue weighted by molar-refractivity contribution is 5.64. The van der Waals surface area contributed by atoms with Crippen LogP contribution in [0.1, 0.15) is 30.4 Å². The first-order valence-electron chi connectivity index (χ1n) is 6.07. The van der Waals surface area contributed by atoms with Gasteiger partial charge in [0.1, 0.15) is 5.69 Å². The van der Waals surface area contributed by atoms with E-state index in [4.69, 9.17) is 0 Å². The topological polar surface area (TPSA) is 55.2 Å². The van der Waals surface area contributed by atoms with Gasteiger partial charge in [0.25, 0.3) is 5.69 Å². The molecule has 2 rings (SSSR count). The molecule has 1 saturated carbocycles. The van der Waals surface area contributed by atoms with Crippen molar-refractivity contribution in [3.05, 3.63) is 33.4 Å². The van der Waals surface area contributed by atoms with Crippen LogP contribution >= 0.6 is 0 Å². The Bertz CT molecular complexity index is 439. The summed E-state index contributed by atoms with van der Waals surface area (Å²) in [5.41, 5.74) is 2.90. The Hall–Kier alpha value is -1.58. The van der Waals surface area contributed by atoms with Crippen LogP contribution in [0.4, 0.5) is 11.4 Å². The molecule has 92 valence electrons. The van der Waals surface area contributed by atoms with Crippen molar-refractivity contribution in [3.8, 4) is 0 Å². The van der Waals surface area contributed by atoms with Crippen LogP contribution in [0, 0.1) is 29.9 Å². The zero-order chi connectivity index (χ0) is 12.4. The van der Waals surface area contributed by atoms with Crippen LogP contribution in [0.3, 0.4) is 0 Å². The van der Waals surface area contributed by atoms with Crippen LogP contribution in [-0.4, -0.2) is 11.5 Å². The molecule has 4 nitrogen and oxygen atoms in total. The summed E-state index contributed by atoms with van der Waals surface area (Å²) in [5.74, 6) is 0.691. The van der Waals surface area contributed by atoms with Crippen molar-refractivity contribution in [1.29, 1.82) is 0 Å². The van der Waals surface area contributed by atoms with E-state index < -0.39 is 0 Å². The van der Waals surface area contributed by atoms with E-state index in [0.717, 1.165) is 17.7 Å². The predicted octanol–water partition coefficient (Wildman–Crippen LogP) is 3.42. The van der Waals surface area contributed by atoms with Crippen LogP contribution in [0.5, 0.6) is 0 Å². The van der Waals surface area contributed by atoms with Gasteiger partial charge in [-0.05, 0) is 49.8 Å². The molecule has 1 fully saturated rings. The first-order chi connectivity index (χ1) is 8.08. The van der Waals surface area contributed by atoms with Crippen molar-refractivity contribution in [3.63, 3.8) is 0 Å². The third-order valence-electron chi connectivity index (χ3n) is 3.61. The van der Waals surface area contributed by atoms with Gasteiger partial charge in [0.05, 0.1) is 4.92 Å². The monoisotopic (exact) mass is 234 g/mol. The molecule has 0 bridgehead atoms. The molecule has 0 radical (unpaired) electrons. The highest BCUT2D eigenvalue weighted by Crippen LogP contribution is 2.31. The molecule has 0 saturated heterocycles. The smallest absolute Gasteiger partial charge is 0.292 e. The first-order valence-corrected chi connectivity index (χ1v) is 6.07. The van der Waals surface area contributed by atoms with Crippen LogP contribution in [-0.2, 0) is 0 Å². The maximum Gasteiger partial charge on any atom is 0.292 e. The molecule has 1 N–H and O–H groups in total. The summed E-state index contributed by atoms with van der Waals surface area (Å²) in [7, 11) is 0. The van der Waals surface area contributed by atoms with Gasteiger partial charge < -0.3 is 5.32 Å². The summed E-state index contributed by atoms with van der Waals surface area (Å²) >= 11 is 0. The second-order valence-electron chi connectivity index (χ2n) is 4.89. The average Bonchev–Trinajstić information content (AvgIpc) is 2.20.